The first-order valence-electron chi connectivity index (χ1n) is 6.42. The summed E-state index contributed by atoms with van der Waals surface area (Å²) in [5, 5.41) is 3.37. The molecule has 0 atom stereocenters. The number of methoxy groups -OCH3 is 3. The molecule has 0 unspecified atom stereocenters. The highest BCUT2D eigenvalue weighted by atomic mass is 35.5. The lowest BCUT2D eigenvalue weighted by Gasteiger charge is -2.16. The van der Waals surface area contributed by atoms with Crippen LogP contribution < -0.4 is 19.5 Å². The van der Waals surface area contributed by atoms with Crippen molar-refractivity contribution in [2.24, 2.45) is 0 Å². The summed E-state index contributed by atoms with van der Waals surface area (Å²) in [5.41, 5.74) is 1.01. The van der Waals surface area contributed by atoms with Crippen LogP contribution in [0.4, 0.5) is 0 Å². The summed E-state index contributed by atoms with van der Waals surface area (Å²) in [5.74, 6) is 1.95. The second kappa shape index (κ2) is 7.54. The molecule has 1 heterocycles. The van der Waals surface area contributed by atoms with Gasteiger partial charge >= 0.3 is 0 Å². The van der Waals surface area contributed by atoms with Crippen LogP contribution in [0.5, 0.6) is 17.2 Å². The van der Waals surface area contributed by atoms with E-state index in [1.54, 1.807) is 32.7 Å². The molecule has 0 aliphatic rings. The number of hydrogen-bond donors (Lipinski definition) is 1. The van der Waals surface area contributed by atoms with Crippen molar-refractivity contribution in [3.8, 4) is 17.2 Å². The van der Waals surface area contributed by atoms with Crippen molar-refractivity contribution < 1.29 is 14.2 Å². The molecule has 0 aliphatic carbocycles. The molecule has 0 saturated heterocycles. The average molecular weight is 328 g/mol. The SMILES string of the molecule is COc1ccc(CNCc2ccc(Cl)s2)c(OC)c1OC. The molecule has 1 aromatic carbocycles. The molecule has 2 rings (SSSR count). The Labute approximate surface area is 133 Å². The molecule has 0 aliphatic heterocycles. The van der Waals surface area contributed by atoms with E-state index in [-0.39, 0.29) is 0 Å². The van der Waals surface area contributed by atoms with Crippen LogP contribution in [0.15, 0.2) is 24.3 Å². The van der Waals surface area contributed by atoms with E-state index >= 15 is 0 Å². The monoisotopic (exact) mass is 327 g/mol. The number of rotatable bonds is 7. The molecule has 4 nitrogen and oxygen atoms in total. The maximum atomic E-state index is 5.92. The summed E-state index contributed by atoms with van der Waals surface area (Å²) in [7, 11) is 4.83. The van der Waals surface area contributed by atoms with Crippen LogP contribution in [0, 0.1) is 0 Å². The second-order valence-electron chi connectivity index (χ2n) is 4.30. The van der Waals surface area contributed by atoms with E-state index in [2.05, 4.69) is 5.32 Å². The molecule has 0 spiro atoms. The van der Waals surface area contributed by atoms with E-state index in [0.717, 1.165) is 16.4 Å². The highest BCUT2D eigenvalue weighted by molar-refractivity contribution is 7.16. The van der Waals surface area contributed by atoms with E-state index in [1.807, 2.05) is 24.3 Å². The summed E-state index contributed by atoms with van der Waals surface area (Å²) >= 11 is 7.49. The van der Waals surface area contributed by atoms with Gasteiger partial charge in [0, 0.05) is 23.5 Å². The normalized spacial score (nSPS) is 10.5. The minimum atomic E-state index is 0.610. The van der Waals surface area contributed by atoms with Crippen molar-refractivity contribution in [3.63, 3.8) is 0 Å². The predicted molar refractivity (Wildman–Crippen MR) is 86.0 cm³/mol. The van der Waals surface area contributed by atoms with Crippen LogP contribution in [0.3, 0.4) is 0 Å². The van der Waals surface area contributed by atoms with Gasteiger partial charge in [0.1, 0.15) is 0 Å². The average Bonchev–Trinajstić information content (AvgIpc) is 2.91. The molecule has 0 amide bonds. The Morgan fingerprint density at radius 2 is 1.71 bits per heavy atom. The zero-order valence-electron chi connectivity index (χ0n) is 12.2. The van der Waals surface area contributed by atoms with Gasteiger partial charge in [0.15, 0.2) is 11.5 Å². The zero-order valence-corrected chi connectivity index (χ0v) is 13.8. The molecule has 114 valence electrons. The third-order valence-electron chi connectivity index (χ3n) is 3.03. The van der Waals surface area contributed by atoms with Gasteiger partial charge in [-0.25, -0.2) is 0 Å². The van der Waals surface area contributed by atoms with E-state index in [1.165, 1.54) is 4.88 Å². The van der Waals surface area contributed by atoms with E-state index in [9.17, 15) is 0 Å². The number of halogens is 1. The molecule has 0 radical (unpaired) electrons. The van der Waals surface area contributed by atoms with Crippen molar-refractivity contribution in [1.29, 1.82) is 0 Å². The number of benzene rings is 1. The minimum absolute atomic E-state index is 0.610. The van der Waals surface area contributed by atoms with E-state index in [0.29, 0.717) is 23.8 Å². The smallest absolute Gasteiger partial charge is 0.203 e. The summed E-state index contributed by atoms with van der Waals surface area (Å²) in [4.78, 5) is 1.19. The molecule has 0 bridgehead atoms. The molecule has 0 saturated carbocycles. The van der Waals surface area contributed by atoms with E-state index < -0.39 is 0 Å². The Hall–Kier alpha value is -1.43. The summed E-state index contributed by atoms with van der Waals surface area (Å²) in [6.45, 7) is 1.42. The van der Waals surface area contributed by atoms with Crippen LogP contribution in [0.2, 0.25) is 4.34 Å². The Morgan fingerprint density at radius 1 is 0.952 bits per heavy atom. The first-order valence-corrected chi connectivity index (χ1v) is 7.61. The number of nitrogens with one attached hydrogen (secondary N) is 1. The predicted octanol–water partition coefficient (Wildman–Crippen LogP) is 3.72. The van der Waals surface area contributed by atoms with Crippen LogP contribution in [0.1, 0.15) is 10.4 Å². The lowest BCUT2D eigenvalue weighted by atomic mass is 10.1. The topological polar surface area (TPSA) is 39.7 Å². The van der Waals surface area contributed by atoms with Crippen molar-refractivity contribution in [1.82, 2.24) is 5.32 Å². The maximum absolute atomic E-state index is 5.92. The zero-order chi connectivity index (χ0) is 15.2. The van der Waals surface area contributed by atoms with Gasteiger partial charge in [0.25, 0.3) is 0 Å². The summed E-state index contributed by atoms with van der Waals surface area (Å²) in [6.07, 6.45) is 0. The Morgan fingerprint density at radius 3 is 2.29 bits per heavy atom. The van der Waals surface area contributed by atoms with Gasteiger partial charge in [-0.15, -0.1) is 11.3 Å². The Balaban J connectivity index is 2.08. The third kappa shape index (κ3) is 3.81. The lowest BCUT2D eigenvalue weighted by Crippen LogP contribution is -2.13. The first-order chi connectivity index (χ1) is 10.2. The van der Waals surface area contributed by atoms with Gasteiger partial charge in [0.2, 0.25) is 5.75 Å². The van der Waals surface area contributed by atoms with Gasteiger partial charge in [-0.3, -0.25) is 0 Å². The Bertz CT molecular complexity index is 601. The molecular weight excluding hydrogens is 310 g/mol. The van der Waals surface area contributed by atoms with Crippen LogP contribution in [0.25, 0.3) is 0 Å². The number of thiophene rings is 1. The minimum Gasteiger partial charge on any atom is -0.493 e. The van der Waals surface area contributed by atoms with Gasteiger partial charge in [0.05, 0.1) is 25.7 Å². The summed E-state index contributed by atoms with van der Waals surface area (Å²) < 4.78 is 16.9. The highest BCUT2D eigenvalue weighted by Crippen LogP contribution is 2.39. The first kappa shape index (κ1) is 15.9. The van der Waals surface area contributed by atoms with Gasteiger partial charge in [-0.05, 0) is 18.2 Å². The largest absolute Gasteiger partial charge is 0.493 e. The molecule has 21 heavy (non-hydrogen) atoms. The fourth-order valence-corrected chi connectivity index (χ4v) is 3.13. The van der Waals surface area contributed by atoms with Crippen LogP contribution >= 0.6 is 22.9 Å². The van der Waals surface area contributed by atoms with Crippen molar-refractivity contribution in [3.05, 3.63) is 39.0 Å². The second-order valence-corrected chi connectivity index (χ2v) is 6.10. The van der Waals surface area contributed by atoms with Gasteiger partial charge in [-0.1, -0.05) is 17.7 Å². The van der Waals surface area contributed by atoms with E-state index in [4.69, 9.17) is 25.8 Å². The number of ether oxygens (including phenoxy) is 3. The van der Waals surface area contributed by atoms with Gasteiger partial charge < -0.3 is 19.5 Å². The standard InChI is InChI=1S/C15H18ClNO3S/c1-18-12-6-4-10(14(19-2)15(12)20-3)8-17-9-11-5-7-13(16)21-11/h4-7,17H,8-9H2,1-3H3. The fraction of sp³-hybridized carbons (Fsp3) is 0.333. The Kier molecular flexibility index (Phi) is 5.73. The van der Waals surface area contributed by atoms with Gasteiger partial charge in [-0.2, -0.15) is 0 Å². The molecule has 1 N–H and O–H groups in total. The summed E-state index contributed by atoms with van der Waals surface area (Å²) in [6, 6.07) is 7.76. The third-order valence-corrected chi connectivity index (χ3v) is 4.26. The molecule has 2 aromatic rings. The lowest BCUT2D eigenvalue weighted by molar-refractivity contribution is 0.321. The van der Waals surface area contributed by atoms with Crippen molar-refractivity contribution in [2.45, 2.75) is 13.1 Å². The number of hydrogen-bond acceptors (Lipinski definition) is 5. The molecule has 6 heteroatoms. The molecular formula is C15H18ClNO3S. The van der Waals surface area contributed by atoms with Crippen molar-refractivity contribution >= 4 is 22.9 Å². The fourth-order valence-electron chi connectivity index (χ4n) is 2.07. The quantitative estimate of drug-likeness (QED) is 0.841. The van der Waals surface area contributed by atoms with Crippen LogP contribution in [-0.2, 0) is 13.1 Å². The molecule has 1 aromatic heterocycles. The maximum Gasteiger partial charge on any atom is 0.203 e. The van der Waals surface area contributed by atoms with Crippen molar-refractivity contribution in [2.75, 3.05) is 21.3 Å². The van der Waals surface area contributed by atoms with Crippen LogP contribution in [-0.4, -0.2) is 21.3 Å². The molecule has 0 fully saturated rings. The highest BCUT2D eigenvalue weighted by Gasteiger charge is 2.15.